The number of allylic oxidation sites excluding steroid dienone is 1. The van der Waals surface area contributed by atoms with Crippen molar-refractivity contribution in [1.82, 2.24) is 20.2 Å². The van der Waals surface area contributed by atoms with E-state index in [1.54, 1.807) is 6.07 Å². The number of tetrazole rings is 1. The van der Waals surface area contributed by atoms with Crippen molar-refractivity contribution in [1.29, 1.82) is 0 Å². The van der Waals surface area contributed by atoms with Crippen molar-refractivity contribution in [3.05, 3.63) is 75.5 Å². The van der Waals surface area contributed by atoms with E-state index in [1.165, 1.54) is 12.0 Å². The highest BCUT2D eigenvalue weighted by Crippen LogP contribution is 2.42. The van der Waals surface area contributed by atoms with Gasteiger partial charge in [-0.3, -0.25) is 0 Å². The second-order valence-corrected chi connectivity index (χ2v) is 11.3. The van der Waals surface area contributed by atoms with Gasteiger partial charge in [-0.25, -0.2) is 4.68 Å². The first-order valence-electron chi connectivity index (χ1n) is 11.9. The molecule has 0 amide bonds. The van der Waals surface area contributed by atoms with Gasteiger partial charge in [0.2, 0.25) is 0 Å². The predicted octanol–water partition coefficient (Wildman–Crippen LogP) is 7.86. The van der Waals surface area contributed by atoms with Crippen molar-refractivity contribution in [2.45, 2.75) is 71.4 Å². The predicted molar refractivity (Wildman–Crippen MR) is 141 cm³/mol. The van der Waals surface area contributed by atoms with Crippen molar-refractivity contribution in [2.75, 3.05) is 5.32 Å². The molecular formula is C27H33Cl2N5. The maximum absolute atomic E-state index is 6.44. The second-order valence-electron chi connectivity index (χ2n) is 10.4. The number of anilines is 1. The first kappa shape index (κ1) is 24.7. The molecule has 3 aromatic rings. The van der Waals surface area contributed by atoms with Crippen molar-refractivity contribution in [3.63, 3.8) is 0 Å². The third-order valence-corrected chi connectivity index (χ3v) is 7.20. The van der Waals surface area contributed by atoms with Crippen LogP contribution in [0.3, 0.4) is 0 Å². The summed E-state index contributed by atoms with van der Waals surface area (Å²) in [6, 6.07) is 14.0. The smallest absolute Gasteiger partial charge is 0.177 e. The van der Waals surface area contributed by atoms with Crippen LogP contribution in [0.2, 0.25) is 10.0 Å². The third kappa shape index (κ3) is 5.47. The summed E-state index contributed by atoms with van der Waals surface area (Å²) in [5, 5.41) is 18.4. The monoisotopic (exact) mass is 497 g/mol. The maximum atomic E-state index is 6.44. The summed E-state index contributed by atoms with van der Waals surface area (Å²) in [6.07, 6.45) is 9.69. The van der Waals surface area contributed by atoms with Gasteiger partial charge in [0, 0.05) is 15.7 Å². The highest BCUT2D eigenvalue weighted by atomic mass is 35.5. The minimum atomic E-state index is -0.313. The van der Waals surface area contributed by atoms with Gasteiger partial charge in [-0.2, -0.15) is 0 Å². The number of hydrogen-bond acceptors (Lipinski definition) is 4. The first-order valence-corrected chi connectivity index (χ1v) is 12.7. The van der Waals surface area contributed by atoms with Crippen molar-refractivity contribution in [2.24, 2.45) is 5.41 Å². The van der Waals surface area contributed by atoms with E-state index in [-0.39, 0.29) is 17.0 Å². The summed E-state index contributed by atoms with van der Waals surface area (Å²) >= 11 is 12.5. The number of benzene rings is 2. The molecule has 1 atom stereocenters. The Morgan fingerprint density at radius 3 is 2.38 bits per heavy atom. The zero-order valence-corrected chi connectivity index (χ0v) is 21.9. The fraction of sp³-hybridized carbons (Fsp3) is 0.444. The van der Waals surface area contributed by atoms with Crippen LogP contribution in [0.15, 0.2) is 48.5 Å². The summed E-state index contributed by atoms with van der Waals surface area (Å²) < 4.78 is 2.01. The maximum Gasteiger partial charge on any atom is 0.177 e. The standard InChI is InChI=1S/C27H33Cl2N5/c1-19-8-13-22(14-9-19)30-27(16-6-5-7-17-27)25-31-32-33-34(25)24(26(2,3)4)15-11-20-10-12-21(28)18-23(20)29/h8-15,18,24,30H,5-7,16-17H2,1-4H3/b15-11-. The van der Waals surface area contributed by atoms with E-state index in [4.69, 9.17) is 23.2 Å². The largest absolute Gasteiger partial charge is 0.373 e. The molecule has 0 bridgehead atoms. The van der Waals surface area contributed by atoms with E-state index in [2.05, 4.69) is 78.9 Å². The first-order chi connectivity index (χ1) is 16.2. The Labute approximate surface area is 212 Å². The molecule has 1 aliphatic rings. The number of nitrogens with one attached hydrogen (secondary N) is 1. The van der Waals surface area contributed by atoms with Crippen LogP contribution in [0.5, 0.6) is 0 Å². The molecule has 1 saturated carbocycles. The van der Waals surface area contributed by atoms with Crippen LogP contribution in [-0.4, -0.2) is 20.2 Å². The highest BCUT2D eigenvalue weighted by molar-refractivity contribution is 6.35. The van der Waals surface area contributed by atoms with Crippen LogP contribution in [0.4, 0.5) is 5.69 Å². The summed E-state index contributed by atoms with van der Waals surface area (Å²) in [4.78, 5) is 0. The highest BCUT2D eigenvalue weighted by Gasteiger charge is 2.41. The molecule has 0 aliphatic heterocycles. The Balaban J connectivity index is 1.74. The van der Waals surface area contributed by atoms with Gasteiger partial charge in [0.25, 0.3) is 0 Å². The molecule has 1 N–H and O–H groups in total. The lowest BCUT2D eigenvalue weighted by Gasteiger charge is -2.39. The second kappa shape index (κ2) is 10.1. The number of nitrogens with zero attached hydrogens (tertiary/aromatic N) is 4. The molecule has 0 radical (unpaired) electrons. The molecule has 180 valence electrons. The Hall–Kier alpha value is -2.37. The minimum absolute atomic E-state index is 0.0668. The number of aromatic nitrogens is 4. The van der Waals surface area contributed by atoms with Crippen LogP contribution in [-0.2, 0) is 5.54 Å². The van der Waals surface area contributed by atoms with Gasteiger partial charge in [-0.1, -0.05) is 99.2 Å². The quantitative estimate of drug-likeness (QED) is 0.376. The lowest BCUT2D eigenvalue weighted by Crippen LogP contribution is -2.42. The van der Waals surface area contributed by atoms with Crippen LogP contribution in [0.1, 0.15) is 75.9 Å². The van der Waals surface area contributed by atoms with Crippen molar-refractivity contribution < 1.29 is 0 Å². The Morgan fingerprint density at radius 2 is 1.74 bits per heavy atom. The molecule has 1 unspecified atom stereocenters. The molecule has 0 spiro atoms. The zero-order chi connectivity index (χ0) is 24.3. The molecule has 1 fully saturated rings. The van der Waals surface area contributed by atoms with Gasteiger partial charge in [-0.05, 0) is 65.4 Å². The van der Waals surface area contributed by atoms with Gasteiger partial charge >= 0.3 is 0 Å². The van der Waals surface area contributed by atoms with Crippen LogP contribution in [0, 0.1) is 12.3 Å². The molecule has 2 aromatic carbocycles. The summed E-state index contributed by atoms with van der Waals surface area (Å²) in [5.74, 6) is 0.888. The van der Waals surface area contributed by atoms with Gasteiger partial charge in [-0.15, -0.1) is 5.10 Å². The van der Waals surface area contributed by atoms with Gasteiger partial charge in [0.1, 0.15) is 0 Å². The number of hydrogen-bond donors (Lipinski definition) is 1. The van der Waals surface area contributed by atoms with Gasteiger partial charge < -0.3 is 5.32 Å². The van der Waals surface area contributed by atoms with Gasteiger partial charge in [0.05, 0.1) is 11.6 Å². The summed E-state index contributed by atoms with van der Waals surface area (Å²) in [5.41, 5.74) is 2.82. The lowest BCUT2D eigenvalue weighted by molar-refractivity contribution is 0.237. The van der Waals surface area contributed by atoms with Crippen LogP contribution < -0.4 is 5.32 Å². The SMILES string of the molecule is Cc1ccc(NC2(c3nnnn3C(/C=C\c3ccc(Cl)cc3Cl)C(C)(C)C)CCCCC2)cc1. The molecule has 1 heterocycles. The molecule has 1 aliphatic carbocycles. The Morgan fingerprint density at radius 1 is 1.03 bits per heavy atom. The van der Waals surface area contributed by atoms with E-state index in [1.807, 2.05) is 22.9 Å². The van der Waals surface area contributed by atoms with Crippen molar-refractivity contribution >= 4 is 35.0 Å². The molecule has 0 saturated heterocycles. The summed E-state index contributed by atoms with van der Waals surface area (Å²) in [7, 11) is 0. The Bertz CT molecular complexity index is 1140. The van der Waals surface area contributed by atoms with E-state index in [0.29, 0.717) is 10.0 Å². The average Bonchev–Trinajstić information content (AvgIpc) is 3.27. The summed E-state index contributed by atoms with van der Waals surface area (Å²) in [6.45, 7) is 8.72. The number of halogens is 2. The third-order valence-electron chi connectivity index (χ3n) is 6.63. The van der Waals surface area contributed by atoms with Crippen LogP contribution >= 0.6 is 23.2 Å². The van der Waals surface area contributed by atoms with E-state index in [0.717, 1.165) is 42.8 Å². The normalized spacial score (nSPS) is 17.1. The topological polar surface area (TPSA) is 55.6 Å². The molecule has 5 nitrogen and oxygen atoms in total. The lowest BCUT2D eigenvalue weighted by atomic mass is 9.79. The molecular weight excluding hydrogens is 465 g/mol. The molecule has 7 heteroatoms. The van der Waals surface area contributed by atoms with E-state index < -0.39 is 0 Å². The van der Waals surface area contributed by atoms with E-state index in [9.17, 15) is 0 Å². The van der Waals surface area contributed by atoms with E-state index >= 15 is 0 Å². The molecule has 4 rings (SSSR count). The van der Waals surface area contributed by atoms with Gasteiger partial charge in [0.15, 0.2) is 5.82 Å². The molecule has 34 heavy (non-hydrogen) atoms. The fourth-order valence-corrected chi connectivity index (χ4v) is 5.21. The minimum Gasteiger partial charge on any atom is -0.373 e. The van der Waals surface area contributed by atoms with Crippen molar-refractivity contribution in [3.8, 4) is 0 Å². The van der Waals surface area contributed by atoms with Crippen LogP contribution in [0.25, 0.3) is 6.08 Å². The number of rotatable bonds is 6. The average molecular weight is 499 g/mol. The molecule has 1 aromatic heterocycles. The fourth-order valence-electron chi connectivity index (χ4n) is 4.74. The Kier molecular flexibility index (Phi) is 7.34. The zero-order valence-electron chi connectivity index (χ0n) is 20.4. The number of aryl methyl sites for hydroxylation is 1.